The number of rotatable bonds is 2. The molecule has 0 aliphatic heterocycles. The number of hydrogen-bond donors (Lipinski definition) is 1. The maximum Gasteiger partial charge on any atom is 0.172 e. The number of aromatic nitrogens is 2. The highest BCUT2D eigenvalue weighted by molar-refractivity contribution is 6.11. The molecule has 1 aromatic carbocycles. The van der Waals surface area contributed by atoms with Crippen LogP contribution in [0.25, 0.3) is 10.9 Å². The molecule has 2 heterocycles. The Kier molecular flexibility index (Phi) is 2.09. The number of carbonyl (C=O) groups excluding carboxylic acids is 1. The standard InChI is InChI=1S/C16H12N2O/c19-16(12-7-10-3-1-2-4-11(10)12)14-9-18-15-5-6-17-8-13(14)15/h1-6,8-9,12,18H,7H2. The average molecular weight is 248 g/mol. The fourth-order valence-corrected chi connectivity index (χ4v) is 2.85. The lowest BCUT2D eigenvalue weighted by Gasteiger charge is -2.28. The van der Waals surface area contributed by atoms with Crippen LogP contribution < -0.4 is 0 Å². The lowest BCUT2D eigenvalue weighted by Crippen LogP contribution is -2.25. The van der Waals surface area contributed by atoms with Gasteiger partial charge >= 0.3 is 0 Å². The molecule has 1 N–H and O–H groups in total. The summed E-state index contributed by atoms with van der Waals surface area (Å²) in [6, 6.07) is 10.1. The fraction of sp³-hybridized carbons (Fsp3) is 0.125. The number of carbonyl (C=O) groups is 1. The lowest BCUT2D eigenvalue weighted by molar-refractivity contribution is 0.0950. The zero-order chi connectivity index (χ0) is 12.8. The Morgan fingerprint density at radius 2 is 2.16 bits per heavy atom. The van der Waals surface area contributed by atoms with Crippen LogP contribution >= 0.6 is 0 Å². The number of hydrogen-bond acceptors (Lipinski definition) is 2. The maximum absolute atomic E-state index is 12.6. The van der Waals surface area contributed by atoms with Gasteiger partial charge in [0.15, 0.2) is 5.78 Å². The van der Waals surface area contributed by atoms with Crippen molar-refractivity contribution in [2.75, 3.05) is 0 Å². The minimum atomic E-state index is 0.00964. The second-order valence-electron chi connectivity index (χ2n) is 4.94. The molecule has 1 aliphatic carbocycles. The number of nitrogens with zero attached hydrogens (tertiary/aromatic N) is 1. The van der Waals surface area contributed by atoms with E-state index in [2.05, 4.69) is 22.1 Å². The molecule has 0 bridgehead atoms. The van der Waals surface area contributed by atoms with Gasteiger partial charge in [0.25, 0.3) is 0 Å². The Hall–Kier alpha value is -2.42. The van der Waals surface area contributed by atoms with E-state index in [4.69, 9.17) is 0 Å². The Morgan fingerprint density at radius 1 is 1.26 bits per heavy atom. The van der Waals surface area contributed by atoms with Crippen LogP contribution in [0.5, 0.6) is 0 Å². The van der Waals surface area contributed by atoms with Crippen molar-refractivity contribution in [3.63, 3.8) is 0 Å². The van der Waals surface area contributed by atoms with Gasteiger partial charge in [-0.3, -0.25) is 9.78 Å². The zero-order valence-electron chi connectivity index (χ0n) is 10.3. The average Bonchev–Trinajstić information content (AvgIpc) is 2.84. The molecular formula is C16H12N2O. The first-order chi connectivity index (χ1) is 9.34. The number of nitrogens with one attached hydrogen (secondary N) is 1. The van der Waals surface area contributed by atoms with Gasteiger partial charge in [-0.05, 0) is 23.6 Å². The summed E-state index contributed by atoms with van der Waals surface area (Å²) in [5.41, 5.74) is 4.18. The first kappa shape index (κ1) is 10.5. The van der Waals surface area contributed by atoms with E-state index >= 15 is 0 Å². The van der Waals surface area contributed by atoms with Crippen molar-refractivity contribution >= 4 is 16.7 Å². The Bertz CT molecular complexity index is 788. The van der Waals surface area contributed by atoms with Crippen molar-refractivity contribution in [1.29, 1.82) is 0 Å². The molecule has 0 spiro atoms. The Morgan fingerprint density at radius 3 is 3.05 bits per heavy atom. The van der Waals surface area contributed by atoms with Gasteiger partial charge in [0.1, 0.15) is 0 Å². The van der Waals surface area contributed by atoms with Crippen molar-refractivity contribution in [2.24, 2.45) is 0 Å². The Balaban J connectivity index is 1.77. The third-order valence-electron chi connectivity index (χ3n) is 3.92. The number of Topliss-reactive ketones (excluding diaryl/α,β-unsaturated/α-hetero) is 1. The van der Waals surface area contributed by atoms with E-state index in [1.165, 1.54) is 11.1 Å². The SMILES string of the molecule is O=C(c1c[nH]c2ccncc12)C1Cc2ccccc21. The minimum absolute atomic E-state index is 0.00964. The lowest BCUT2D eigenvalue weighted by atomic mass is 9.74. The minimum Gasteiger partial charge on any atom is -0.360 e. The molecule has 19 heavy (non-hydrogen) atoms. The van der Waals surface area contributed by atoms with Crippen molar-refractivity contribution in [2.45, 2.75) is 12.3 Å². The van der Waals surface area contributed by atoms with Gasteiger partial charge in [0.2, 0.25) is 0 Å². The Labute approximate surface area is 110 Å². The van der Waals surface area contributed by atoms with Crippen molar-refractivity contribution in [3.05, 3.63) is 65.6 Å². The largest absolute Gasteiger partial charge is 0.360 e. The van der Waals surface area contributed by atoms with Crippen LogP contribution in [0.3, 0.4) is 0 Å². The highest BCUT2D eigenvalue weighted by Gasteiger charge is 2.33. The van der Waals surface area contributed by atoms with Crippen molar-refractivity contribution in [1.82, 2.24) is 9.97 Å². The molecule has 0 saturated carbocycles. The van der Waals surface area contributed by atoms with Crippen LogP contribution in [-0.2, 0) is 6.42 Å². The van der Waals surface area contributed by atoms with E-state index in [1.54, 1.807) is 18.6 Å². The van der Waals surface area contributed by atoms with Gasteiger partial charge in [-0.2, -0.15) is 0 Å². The second kappa shape index (κ2) is 3.79. The summed E-state index contributed by atoms with van der Waals surface area (Å²) in [7, 11) is 0. The van der Waals surface area contributed by atoms with E-state index < -0.39 is 0 Å². The summed E-state index contributed by atoms with van der Waals surface area (Å²) in [5, 5.41) is 0.914. The van der Waals surface area contributed by atoms with E-state index in [0.717, 1.165) is 22.9 Å². The van der Waals surface area contributed by atoms with Crippen LogP contribution in [0.1, 0.15) is 27.4 Å². The zero-order valence-corrected chi connectivity index (χ0v) is 10.3. The summed E-state index contributed by atoms with van der Waals surface area (Å²) in [6.45, 7) is 0. The number of H-pyrrole nitrogens is 1. The van der Waals surface area contributed by atoms with Crippen LogP contribution in [0, 0.1) is 0 Å². The van der Waals surface area contributed by atoms with Crippen molar-refractivity contribution < 1.29 is 4.79 Å². The van der Waals surface area contributed by atoms with E-state index in [1.807, 2.05) is 18.2 Å². The smallest absolute Gasteiger partial charge is 0.172 e. The van der Waals surface area contributed by atoms with Gasteiger partial charge in [-0.1, -0.05) is 24.3 Å². The second-order valence-corrected chi connectivity index (χ2v) is 4.94. The summed E-state index contributed by atoms with van der Waals surface area (Å²) < 4.78 is 0. The summed E-state index contributed by atoms with van der Waals surface area (Å²) in [5.74, 6) is 0.202. The third-order valence-corrected chi connectivity index (χ3v) is 3.92. The highest BCUT2D eigenvalue weighted by atomic mass is 16.1. The number of pyridine rings is 1. The van der Waals surface area contributed by atoms with Crippen LogP contribution in [0.4, 0.5) is 0 Å². The number of benzene rings is 1. The normalized spacial score (nSPS) is 16.9. The summed E-state index contributed by atoms with van der Waals surface area (Å²) in [4.78, 5) is 19.9. The predicted octanol–water partition coefficient (Wildman–Crippen LogP) is 3.09. The van der Waals surface area contributed by atoms with Gasteiger partial charge in [-0.25, -0.2) is 0 Å². The first-order valence-corrected chi connectivity index (χ1v) is 6.38. The van der Waals surface area contributed by atoms with E-state index in [0.29, 0.717) is 0 Å². The molecule has 0 saturated heterocycles. The third kappa shape index (κ3) is 1.45. The monoisotopic (exact) mass is 248 g/mol. The quantitative estimate of drug-likeness (QED) is 0.708. The van der Waals surface area contributed by atoms with E-state index in [-0.39, 0.29) is 11.7 Å². The molecule has 0 fully saturated rings. The molecule has 2 aromatic heterocycles. The summed E-state index contributed by atoms with van der Waals surface area (Å²) in [6.07, 6.45) is 6.13. The van der Waals surface area contributed by atoms with Gasteiger partial charge in [0.05, 0.1) is 5.92 Å². The molecule has 3 nitrogen and oxygen atoms in total. The van der Waals surface area contributed by atoms with Crippen LogP contribution in [-0.4, -0.2) is 15.8 Å². The number of aromatic amines is 1. The predicted molar refractivity (Wildman–Crippen MR) is 73.3 cm³/mol. The molecular weight excluding hydrogens is 236 g/mol. The fourth-order valence-electron chi connectivity index (χ4n) is 2.85. The van der Waals surface area contributed by atoms with E-state index in [9.17, 15) is 4.79 Å². The molecule has 0 radical (unpaired) electrons. The molecule has 3 aromatic rings. The summed E-state index contributed by atoms with van der Waals surface area (Å²) >= 11 is 0. The molecule has 1 aliphatic rings. The molecule has 0 amide bonds. The van der Waals surface area contributed by atoms with Gasteiger partial charge in [0, 0.05) is 35.1 Å². The number of ketones is 1. The molecule has 3 heteroatoms. The van der Waals surface area contributed by atoms with Crippen LogP contribution in [0.2, 0.25) is 0 Å². The van der Waals surface area contributed by atoms with Crippen LogP contribution in [0.15, 0.2) is 48.9 Å². The molecule has 1 unspecified atom stereocenters. The topological polar surface area (TPSA) is 45.8 Å². The first-order valence-electron chi connectivity index (χ1n) is 6.38. The number of fused-ring (bicyclic) bond motifs is 2. The highest BCUT2D eigenvalue weighted by Crippen LogP contribution is 2.38. The maximum atomic E-state index is 12.6. The molecule has 92 valence electrons. The van der Waals surface area contributed by atoms with Gasteiger partial charge in [-0.15, -0.1) is 0 Å². The molecule has 1 atom stereocenters. The molecule has 4 rings (SSSR count). The van der Waals surface area contributed by atoms with Crippen molar-refractivity contribution in [3.8, 4) is 0 Å². The van der Waals surface area contributed by atoms with Gasteiger partial charge < -0.3 is 4.98 Å².